The van der Waals surface area contributed by atoms with Crippen LogP contribution in [0, 0.1) is 0 Å². The first-order valence-corrected chi connectivity index (χ1v) is 6.01. The second-order valence-corrected chi connectivity index (χ2v) is 4.50. The van der Waals surface area contributed by atoms with E-state index in [4.69, 9.17) is 27.9 Å². The quantitative estimate of drug-likeness (QED) is 0.874. The smallest absolute Gasteiger partial charge is 0.105 e. The first-order valence-electron chi connectivity index (χ1n) is 5.26. The van der Waals surface area contributed by atoms with Crippen molar-refractivity contribution in [1.82, 2.24) is 0 Å². The van der Waals surface area contributed by atoms with Crippen molar-refractivity contribution >= 4 is 23.2 Å². The number of halogens is 2. The molecule has 0 bridgehead atoms. The van der Waals surface area contributed by atoms with Gasteiger partial charge in [0, 0.05) is 7.11 Å². The minimum Gasteiger partial charge on any atom is -0.386 e. The summed E-state index contributed by atoms with van der Waals surface area (Å²) in [6, 6.07) is 5.12. The van der Waals surface area contributed by atoms with E-state index in [0.29, 0.717) is 10.0 Å². The van der Waals surface area contributed by atoms with Gasteiger partial charge in [0.15, 0.2) is 0 Å². The van der Waals surface area contributed by atoms with Gasteiger partial charge in [-0.2, -0.15) is 0 Å². The molecule has 2 atom stereocenters. The number of benzene rings is 1. The molecule has 2 nitrogen and oxygen atoms in total. The van der Waals surface area contributed by atoms with E-state index in [2.05, 4.69) is 0 Å². The number of methoxy groups -OCH3 is 1. The van der Waals surface area contributed by atoms with E-state index in [1.165, 1.54) is 0 Å². The lowest BCUT2D eigenvalue weighted by molar-refractivity contribution is -0.0179. The molecule has 0 aliphatic carbocycles. The van der Waals surface area contributed by atoms with Crippen molar-refractivity contribution in [2.24, 2.45) is 0 Å². The van der Waals surface area contributed by atoms with Crippen LogP contribution in [0.2, 0.25) is 10.0 Å². The van der Waals surface area contributed by atoms with Crippen molar-refractivity contribution in [2.75, 3.05) is 7.11 Å². The maximum Gasteiger partial charge on any atom is 0.105 e. The first kappa shape index (κ1) is 13.8. The zero-order chi connectivity index (χ0) is 12.1. The minimum atomic E-state index is -0.667. The number of hydrogen-bond acceptors (Lipinski definition) is 2. The van der Waals surface area contributed by atoms with E-state index in [9.17, 15) is 5.11 Å². The molecular formula is C12H16Cl2O2. The Balaban J connectivity index is 2.85. The molecule has 4 heteroatoms. The highest BCUT2D eigenvalue weighted by Crippen LogP contribution is 2.28. The molecule has 0 heterocycles. The van der Waals surface area contributed by atoms with Gasteiger partial charge in [0.2, 0.25) is 0 Å². The molecule has 0 spiro atoms. The van der Waals surface area contributed by atoms with Crippen LogP contribution in [0.15, 0.2) is 18.2 Å². The summed E-state index contributed by atoms with van der Waals surface area (Å²) in [5, 5.41) is 11.0. The second-order valence-electron chi connectivity index (χ2n) is 3.68. The molecule has 2 unspecified atom stereocenters. The van der Waals surface area contributed by atoms with Crippen LogP contribution in [0.5, 0.6) is 0 Å². The number of aliphatic hydroxyl groups is 1. The Bertz CT molecular complexity index is 342. The normalized spacial score (nSPS) is 14.8. The lowest BCUT2D eigenvalue weighted by atomic mass is 10.0. The van der Waals surface area contributed by atoms with Crippen molar-refractivity contribution in [1.29, 1.82) is 0 Å². The molecule has 1 rings (SSSR count). The van der Waals surface area contributed by atoms with E-state index in [1.807, 2.05) is 6.92 Å². The van der Waals surface area contributed by atoms with Crippen LogP contribution in [0.25, 0.3) is 0 Å². The Kier molecular flexibility index (Phi) is 5.56. The van der Waals surface area contributed by atoms with Crippen molar-refractivity contribution in [3.8, 4) is 0 Å². The Morgan fingerprint density at radius 3 is 2.50 bits per heavy atom. The van der Waals surface area contributed by atoms with Crippen molar-refractivity contribution in [3.05, 3.63) is 33.8 Å². The fourth-order valence-corrected chi connectivity index (χ4v) is 1.91. The number of rotatable bonds is 5. The zero-order valence-corrected chi connectivity index (χ0v) is 10.9. The Labute approximate surface area is 106 Å². The third-order valence-electron chi connectivity index (χ3n) is 2.51. The molecule has 0 aliphatic heterocycles. The topological polar surface area (TPSA) is 29.5 Å². The SMILES string of the molecule is CCCC(OC)C(O)c1ccc(Cl)c(Cl)c1. The Morgan fingerprint density at radius 2 is 2.00 bits per heavy atom. The van der Waals surface area contributed by atoms with Crippen LogP contribution in [-0.2, 0) is 4.74 Å². The van der Waals surface area contributed by atoms with E-state index in [-0.39, 0.29) is 6.10 Å². The summed E-state index contributed by atoms with van der Waals surface area (Å²) < 4.78 is 5.25. The van der Waals surface area contributed by atoms with Gasteiger partial charge in [0.05, 0.1) is 16.1 Å². The van der Waals surface area contributed by atoms with Crippen LogP contribution in [0.3, 0.4) is 0 Å². The van der Waals surface area contributed by atoms with Gasteiger partial charge in [-0.1, -0.05) is 42.6 Å². The van der Waals surface area contributed by atoms with E-state index < -0.39 is 6.10 Å². The Morgan fingerprint density at radius 1 is 1.31 bits per heavy atom. The molecule has 1 aromatic carbocycles. The van der Waals surface area contributed by atoms with Gasteiger partial charge in [-0.15, -0.1) is 0 Å². The summed E-state index contributed by atoms with van der Waals surface area (Å²) in [7, 11) is 1.60. The molecule has 90 valence electrons. The van der Waals surface area contributed by atoms with Crippen LogP contribution in [0.4, 0.5) is 0 Å². The van der Waals surface area contributed by atoms with Gasteiger partial charge in [-0.3, -0.25) is 0 Å². The second kappa shape index (κ2) is 6.45. The van der Waals surface area contributed by atoms with Crippen LogP contribution >= 0.6 is 23.2 Å². The standard InChI is InChI=1S/C12H16Cl2O2/c1-3-4-11(16-2)12(15)8-5-6-9(13)10(14)7-8/h5-7,11-12,15H,3-4H2,1-2H3. The molecule has 0 amide bonds. The van der Waals surface area contributed by atoms with E-state index in [0.717, 1.165) is 18.4 Å². The fraction of sp³-hybridized carbons (Fsp3) is 0.500. The van der Waals surface area contributed by atoms with Crippen molar-refractivity contribution in [3.63, 3.8) is 0 Å². The van der Waals surface area contributed by atoms with Crippen molar-refractivity contribution < 1.29 is 9.84 Å². The lowest BCUT2D eigenvalue weighted by Gasteiger charge is -2.21. The summed E-state index contributed by atoms with van der Waals surface area (Å²) in [6.07, 6.45) is 0.886. The minimum absolute atomic E-state index is 0.206. The molecule has 0 saturated heterocycles. The zero-order valence-electron chi connectivity index (χ0n) is 9.41. The monoisotopic (exact) mass is 262 g/mol. The van der Waals surface area contributed by atoms with Gasteiger partial charge in [0.1, 0.15) is 6.10 Å². The van der Waals surface area contributed by atoms with Gasteiger partial charge in [-0.25, -0.2) is 0 Å². The molecular weight excluding hydrogens is 247 g/mol. The highest BCUT2D eigenvalue weighted by atomic mass is 35.5. The van der Waals surface area contributed by atoms with Gasteiger partial charge < -0.3 is 9.84 Å². The van der Waals surface area contributed by atoms with Gasteiger partial charge in [0.25, 0.3) is 0 Å². The number of aliphatic hydroxyl groups excluding tert-OH is 1. The van der Waals surface area contributed by atoms with Crippen molar-refractivity contribution in [2.45, 2.75) is 32.0 Å². The first-order chi connectivity index (χ1) is 7.60. The summed E-state index contributed by atoms with van der Waals surface area (Å²) in [5.41, 5.74) is 0.731. The predicted molar refractivity (Wildman–Crippen MR) is 67.1 cm³/mol. The fourth-order valence-electron chi connectivity index (χ4n) is 1.60. The number of ether oxygens (including phenoxy) is 1. The molecule has 0 aromatic heterocycles. The van der Waals surface area contributed by atoms with Crippen LogP contribution < -0.4 is 0 Å². The molecule has 0 aliphatic rings. The molecule has 0 fully saturated rings. The third kappa shape index (κ3) is 3.36. The highest BCUT2D eigenvalue weighted by Gasteiger charge is 2.20. The lowest BCUT2D eigenvalue weighted by Crippen LogP contribution is -2.20. The maximum atomic E-state index is 10.1. The van der Waals surface area contributed by atoms with E-state index in [1.54, 1.807) is 25.3 Å². The Hall–Kier alpha value is -0.280. The molecule has 0 saturated carbocycles. The van der Waals surface area contributed by atoms with E-state index >= 15 is 0 Å². The molecule has 1 N–H and O–H groups in total. The molecule has 0 radical (unpaired) electrons. The average Bonchev–Trinajstić information content (AvgIpc) is 2.28. The average molecular weight is 263 g/mol. The van der Waals surface area contributed by atoms with Crippen LogP contribution in [-0.4, -0.2) is 18.3 Å². The highest BCUT2D eigenvalue weighted by molar-refractivity contribution is 6.42. The summed E-state index contributed by atoms with van der Waals surface area (Å²) in [4.78, 5) is 0. The largest absolute Gasteiger partial charge is 0.386 e. The molecule has 1 aromatic rings. The third-order valence-corrected chi connectivity index (χ3v) is 3.25. The van der Waals surface area contributed by atoms with Gasteiger partial charge in [-0.05, 0) is 24.1 Å². The van der Waals surface area contributed by atoms with Crippen LogP contribution in [0.1, 0.15) is 31.4 Å². The summed E-state index contributed by atoms with van der Waals surface area (Å²) in [6.45, 7) is 2.05. The summed E-state index contributed by atoms with van der Waals surface area (Å²) in [5.74, 6) is 0. The predicted octanol–water partition coefficient (Wildman–Crippen LogP) is 3.84. The molecule has 16 heavy (non-hydrogen) atoms. The maximum absolute atomic E-state index is 10.1. The number of hydrogen-bond donors (Lipinski definition) is 1. The summed E-state index contributed by atoms with van der Waals surface area (Å²) >= 11 is 11.7. The van der Waals surface area contributed by atoms with Gasteiger partial charge >= 0.3 is 0 Å².